The van der Waals surface area contributed by atoms with Crippen LogP contribution in [0.4, 0.5) is 0 Å². The van der Waals surface area contributed by atoms with Crippen LogP contribution in [0, 0.1) is 6.92 Å². The van der Waals surface area contributed by atoms with E-state index in [0.717, 1.165) is 0 Å². The fourth-order valence-corrected chi connectivity index (χ4v) is 1.77. The van der Waals surface area contributed by atoms with E-state index >= 15 is 0 Å². The van der Waals surface area contributed by atoms with Crippen LogP contribution in [-0.4, -0.2) is 43.9 Å². The Bertz CT molecular complexity index is 523. The average molecular weight is 283 g/mol. The third kappa shape index (κ3) is 4.38. The number of carbonyl (C=O) groups excluding carboxylic acids is 1. The molecule has 110 valence electrons. The number of carbonyl (C=O) groups is 3. The first-order valence-corrected chi connectivity index (χ1v) is 6.07. The molecule has 0 saturated heterocycles. The third-order valence-electron chi connectivity index (χ3n) is 2.72. The van der Waals surface area contributed by atoms with Crippen molar-refractivity contribution in [3.63, 3.8) is 0 Å². The van der Waals surface area contributed by atoms with Crippen LogP contribution in [0.3, 0.4) is 0 Å². The topological polar surface area (TPSA) is 122 Å². The van der Waals surface area contributed by atoms with E-state index in [0.29, 0.717) is 5.69 Å². The van der Waals surface area contributed by atoms with Crippen molar-refractivity contribution in [3.8, 4) is 0 Å². The predicted molar refractivity (Wildman–Crippen MR) is 68.3 cm³/mol. The summed E-state index contributed by atoms with van der Waals surface area (Å²) in [5.74, 6) is -2.74. The molecule has 0 bridgehead atoms. The molecule has 0 saturated carbocycles. The number of carboxylic acids is 2. The summed E-state index contributed by atoms with van der Waals surface area (Å²) in [5.41, 5.74) is 0.905. The van der Waals surface area contributed by atoms with Crippen LogP contribution in [0.1, 0.15) is 35.4 Å². The summed E-state index contributed by atoms with van der Waals surface area (Å²) in [6, 6.07) is 0.433. The summed E-state index contributed by atoms with van der Waals surface area (Å²) in [5, 5.41) is 23.9. The molecular weight excluding hydrogens is 266 g/mol. The number of aryl methyl sites for hydroxylation is 2. The maximum absolute atomic E-state index is 11.9. The Kier molecular flexibility index (Phi) is 5.24. The van der Waals surface area contributed by atoms with E-state index in [9.17, 15) is 14.4 Å². The van der Waals surface area contributed by atoms with E-state index in [2.05, 4.69) is 10.4 Å². The van der Waals surface area contributed by atoms with Gasteiger partial charge in [-0.3, -0.25) is 14.3 Å². The van der Waals surface area contributed by atoms with Gasteiger partial charge in [-0.25, -0.2) is 4.79 Å². The van der Waals surface area contributed by atoms with Crippen LogP contribution in [0.2, 0.25) is 0 Å². The van der Waals surface area contributed by atoms with Gasteiger partial charge in [-0.1, -0.05) is 0 Å². The van der Waals surface area contributed by atoms with Crippen molar-refractivity contribution in [3.05, 3.63) is 17.5 Å². The van der Waals surface area contributed by atoms with Gasteiger partial charge in [0.1, 0.15) is 11.7 Å². The Morgan fingerprint density at radius 3 is 2.50 bits per heavy atom. The molecule has 0 aromatic carbocycles. The molecule has 0 fully saturated rings. The van der Waals surface area contributed by atoms with E-state index in [-0.39, 0.29) is 25.0 Å². The number of nitrogens with zero attached hydrogens (tertiary/aromatic N) is 2. The summed E-state index contributed by atoms with van der Waals surface area (Å²) in [6.07, 6.45) is 0.103. The molecule has 20 heavy (non-hydrogen) atoms. The first kappa shape index (κ1) is 15.7. The van der Waals surface area contributed by atoms with Crippen LogP contribution in [0.25, 0.3) is 0 Å². The Morgan fingerprint density at radius 1 is 1.40 bits per heavy atom. The minimum absolute atomic E-state index is 0.0597. The van der Waals surface area contributed by atoms with Crippen molar-refractivity contribution in [2.75, 3.05) is 0 Å². The van der Waals surface area contributed by atoms with Gasteiger partial charge < -0.3 is 15.5 Å². The van der Waals surface area contributed by atoms with Gasteiger partial charge in [0, 0.05) is 13.5 Å². The largest absolute Gasteiger partial charge is 0.481 e. The number of aliphatic carboxylic acids is 2. The van der Waals surface area contributed by atoms with E-state index < -0.39 is 23.9 Å². The van der Waals surface area contributed by atoms with Gasteiger partial charge in [0.25, 0.3) is 5.91 Å². The van der Waals surface area contributed by atoms with E-state index in [1.165, 1.54) is 4.68 Å². The van der Waals surface area contributed by atoms with Crippen molar-refractivity contribution in [1.29, 1.82) is 0 Å². The maximum atomic E-state index is 11.9. The standard InChI is InChI=1S/C12H17N3O5/c1-7-6-9(15(2)14-7)11(18)13-8(12(19)20)4-3-5-10(16)17/h6,8H,3-5H2,1-2H3,(H,13,18)(H,16,17)(H,19,20)/t8-/m1/s1. The summed E-state index contributed by atoms with van der Waals surface area (Å²) < 4.78 is 1.36. The molecule has 1 atom stereocenters. The van der Waals surface area contributed by atoms with Gasteiger partial charge in [0.15, 0.2) is 0 Å². The summed E-state index contributed by atoms with van der Waals surface area (Å²) in [4.78, 5) is 33.4. The minimum atomic E-state index is -1.19. The second kappa shape index (κ2) is 6.69. The molecule has 1 aromatic heterocycles. The van der Waals surface area contributed by atoms with Crippen LogP contribution in [0.15, 0.2) is 6.07 Å². The Hall–Kier alpha value is -2.38. The SMILES string of the molecule is Cc1cc(C(=O)N[C@H](CCCC(=O)O)C(=O)O)n(C)n1. The Balaban J connectivity index is 2.66. The zero-order chi connectivity index (χ0) is 15.3. The average Bonchev–Trinajstić information content (AvgIpc) is 2.66. The number of carboxylic acid groups (broad SMARTS) is 2. The van der Waals surface area contributed by atoms with Gasteiger partial charge in [-0.2, -0.15) is 5.10 Å². The fourth-order valence-electron chi connectivity index (χ4n) is 1.77. The number of rotatable bonds is 7. The van der Waals surface area contributed by atoms with Gasteiger partial charge in [-0.15, -0.1) is 0 Å². The van der Waals surface area contributed by atoms with Crippen molar-refractivity contribution in [2.45, 2.75) is 32.2 Å². The lowest BCUT2D eigenvalue weighted by Crippen LogP contribution is -2.41. The van der Waals surface area contributed by atoms with Crippen molar-refractivity contribution in [1.82, 2.24) is 15.1 Å². The maximum Gasteiger partial charge on any atom is 0.326 e. The lowest BCUT2D eigenvalue weighted by molar-refractivity contribution is -0.140. The zero-order valence-corrected chi connectivity index (χ0v) is 11.3. The molecular formula is C12H17N3O5. The Morgan fingerprint density at radius 2 is 2.05 bits per heavy atom. The normalized spacial score (nSPS) is 11.9. The van der Waals surface area contributed by atoms with Crippen LogP contribution < -0.4 is 5.32 Å². The molecule has 0 aliphatic carbocycles. The van der Waals surface area contributed by atoms with E-state index in [4.69, 9.17) is 10.2 Å². The van der Waals surface area contributed by atoms with E-state index in [1.54, 1.807) is 20.0 Å². The highest BCUT2D eigenvalue weighted by molar-refractivity contribution is 5.95. The molecule has 1 amide bonds. The zero-order valence-electron chi connectivity index (χ0n) is 11.3. The monoisotopic (exact) mass is 283 g/mol. The van der Waals surface area contributed by atoms with Gasteiger partial charge in [0.2, 0.25) is 0 Å². The van der Waals surface area contributed by atoms with Gasteiger partial charge >= 0.3 is 11.9 Å². The molecule has 8 heteroatoms. The first-order valence-electron chi connectivity index (χ1n) is 6.07. The number of hydrogen-bond donors (Lipinski definition) is 3. The van der Waals surface area contributed by atoms with Crippen molar-refractivity contribution < 1.29 is 24.6 Å². The van der Waals surface area contributed by atoms with Crippen LogP contribution >= 0.6 is 0 Å². The number of nitrogens with one attached hydrogen (secondary N) is 1. The Labute approximate surface area is 115 Å². The molecule has 0 spiro atoms. The molecule has 0 unspecified atom stereocenters. The quantitative estimate of drug-likeness (QED) is 0.655. The predicted octanol–water partition coefficient (Wildman–Crippen LogP) is 0.166. The summed E-state index contributed by atoms with van der Waals surface area (Å²) >= 11 is 0. The number of aromatic nitrogens is 2. The summed E-state index contributed by atoms with van der Waals surface area (Å²) in [6.45, 7) is 1.72. The molecule has 1 rings (SSSR count). The molecule has 0 aliphatic rings. The highest BCUT2D eigenvalue weighted by Crippen LogP contribution is 2.06. The summed E-state index contributed by atoms with van der Waals surface area (Å²) in [7, 11) is 1.59. The fraction of sp³-hybridized carbons (Fsp3) is 0.500. The lowest BCUT2D eigenvalue weighted by atomic mass is 10.1. The smallest absolute Gasteiger partial charge is 0.326 e. The molecule has 1 aromatic rings. The molecule has 0 aliphatic heterocycles. The number of hydrogen-bond acceptors (Lipinski definition) is 4. The van der Waals surface area contributed by atoms with Crippen molar-refractivity contribution >= 4 is 17.8 Å². The van der Waals surface area contributed by atoms with Gasteiger partial charge in [0.05, 0.1) is 5.69 Å². The molecule has 3 N–H and O–H groups in total. The lowest BCUT2D eigenvalue weighted by Gasteiger charge is -2.13. The second-order valence-electron chi connectivity index (χ2n) is 4.44. The molecule has 8 nitrogen and oxygen atoms in total. The second-order valence-corrected chi connectivity index (χ2v) is 4.44. The van der Waals surface area contributed by atoms with E-state index in [1.807, 2.05) is 0 Å². The first-order chi connectivity index (χ1) is 9.31. The van der Waals surface area contributed by atoms with Crippen LogP contribution in [-0.2, 0) is 16.6 Å². The minimum Gasteiger partial charge on any atom is -0.481 e. The van der Waals surface area contributed by atoms with Crippen LogP contribution in [0.5, 0.6) is 0 Å². The van der Waals surface area contributed by atoms with Crippen molar-refractivity contribution in [2.24, 2.45) is 7.05 Å². The molecule has 0 radical (unpaired) electrons. The van der Waals surface area contributed by atoms with Gasteiger partial charge in [-0.05, 0) is 25.8 Å². The molecule has 1 heterocycles. The highest BCUT2D eigenvalue weighted by Gasteiger charge is 2.22. The highest BCUT2D eigenvalue weighted by atomic mass is 16.4. The third-order valence-corrected chi connectivity index (χ3v) is 2.72. The number of amides is 1.